The first-order chi connectivity index (χ1) is 33.3. The quantitative estimate of drug-likeness (QED) is 0.0807. The molecular weight excluding hydrogens is 929 g/mol. The van der Waals surface area contributed by atoms with E-state index in [0.29, 0.717) is 0 Å². The zero-order valence-electron chi connectivity index (χ0n) is 40.7. The van der Waals surface area contributed by atoms with Crippen LogP contribution in [0, 0.1) is 28.6 Å². The molecule has 0 radical (unpaired) electrons. The number of hydrogen-bond donors (Lipinski definition) is 3. The summed E-state index contributed by atoms with van der Waals surface area (Å²) >= 11 is 0. The number of nitrogens with one attached hydrogen (secondary N) is 1. The molecule has 7 unspecified atom stereocenters. The summed E-state index contributed by atoms with van der Waals surface area (Å²) in [6.07, 6.45) is -7.99. The molecule has 382 valence electrons. The average Bonchev–Trinajstić information content (AvgIpc) is 3.62. The summed E-state index contributed by atoms with van der Waals surface area (Å²) in [7, 11) is 0. The summed E-state index contributed by atoms with van der Waals surface area (Å²) in [6, 6.07) is 14.0. The standard InChI is InChI=1S/C51H60N2O18/c1-27-31(67-45(62)40(68-36(58)25-65-22-21-53-34(56)19-20-35(53)57)38(29-15-11-9-12-16-29)52-46(63)71-47(3,4)5)24-51(64)43(69-44(61)30-17-13-10-14-18-30)41-49(8,42(60)39(59)37(27)48(51,6)7)32(55)23-33-50(41,26-66-33)70-28(2)54/h9-20,27,31-33,37-38,40-41,43,55,64H,21-26H2,1-8H3,(H,52,63)/t27?,31?,32-,33+,37?,38?,40?,41?,43?,49+,50-,51+/m0/s1. The van der Waals surface area contributed by atoms with Crippen LogP contribution < -0.4 is 5.32 Å². The molecule has 5 aliphatic rings. The van der Waals surface area contributed by atoms with E-state index in [1.54, 1.807) is 57.2 Å². The lowest BCUT2D eigenvalue weighted by Crippen LogP contribution is -2.82. The van der Waals surface area contributed by atoms with Gasteiger partial charge in [-0.15, -0.1) is 0 Å². The number of esters is 4. The summed E-state index contributed by atoms with van der Waals surface area (Å²) in [6.45, 7) is 10.1. The average molecular weight is 989 g/mol. The highest BCUT2D eigenvalue weighted by molar-refractivity contribution is 6.40. The summed E-state index contributed by atoms with van der Waals surface area (Å²) in [5.74, 6) is -11.9. The van der Waals surface area contributed by atoms with E-state index < -0.39 is 148 Å². The Morgan fingerprint density at radius 1 is 0.915 bits per heavy atom. The molecule has 4 fully saturated rings. The van der Waals surface area contributed by atoms with Gasteiger partial charge in [0.05, 0.1) is 42.8 Å². The molecule has 12 atom stereocenters. The molecule has 1 saturated heterocycles. The number of rotatable bonds is 14. The number of alkyl carbamates (subject to hydrolysis) is 1. The fraction of sp³-hybridized carbons (Fsp3) is 0.549. The van der Waals surface area contributed by atoms with Crippen LogP contribution in [0.3, 0.4) is 0 Å². The molecule has 3 saturated carbocycles. The Hall–Kier alpha value is -6.35. The van der Waals surface area contributed by atoms with Gasteiger partial charge < -0.3 is 48.7 Å². The van der Waals surface area contributed by atoms with Crippen LogP contribution in [-0.4, -0.2) is 142 Å². The van der Waals surface area contributed by atoms with Gasteiger partial charge in [0.25, 0.3) is 11.8 Å². The maximum absolute atomic E-state index is 15.1. The van der Waals surface area contributed by atoms with Gasteiger partial charge in [0.2, 0.25) is 17.7 Å². The number of ether oxygens (including phenoxy) is 7. The number of benzene rings is 2. The zero-order chi connectivity index (χ0) is 52.0. The molecule has 2 aliphatic heterocycles. The number of Topliss-reactive ketones (excluding diaryl/α,β-unsaturated/α-hetero) is 2. The van der Waals surface area contributed by atoms with Crippen LogP contribution in [0.2, 0.25) is 0 Å². The summed E-state index contributed by atoms with van der Waals surface area (Å²) < 4.78 is 41.3. The predicted octanol–water partition coefficient (Wildman–Crippen LogP) is 2.90. The number of ketones is 2. The first-order valence-electron chi connectivity index (χ1n) is 23.4. The Morgan fingerprint density at radius 3 is 2.11 bits per heavy atom. The number of imide groups is 1. The van der Waals surface area contributed by atoms with Gasteiger partial charge in [-0.05, 0) is 45.4 Å². The van der Waals surface area contributed by atoms with Crippen LogP contribution in [0.25, 0.3) is 0 Å². The van der Waals surface area contributed by atoms with Crippen molar-refractivity contribution in [1.29, 1.82) is 0 Å². The topological polar surface area (TPSA) is 274 Å². The van der Waals surface area contributed by atoms with Crippen molar-refractivity contribution in [2.75, 3.05) is 26.4 Å². The number of nitrogens with zero attached hydrogens (tertiary/aromatic N) is 1. The van der Waals surface area contributed by atoms with E-state index >= 15 is 14.4 Å². The number of amides is 3. The van der Waals surface area contributed by atoms with Crippen LogP contribution >= 0.6 is 0 Å². The van der Waals surface area contributed by atoms with Crippen LogP contribution in [-0.2, 0) is 66.7 Å². The maximum Gasteiger partial charge on any atom is 0.408 e. The molecule has 3 aliphatic carbocycles. The van der Waals surface area contributed by atoms with E-state index in [2.05, 4.69) is 5.32 Å². The van der Waals surface area contributed by atoms with Crippen molar-refractivity contribution in [3.63, 3.8) is 0 Å². The van der Waals surface area contributed by atoms with Crippen molar-refractivity contribution >= 4 is 53.4 Å². The Bertz CT molecular complexity index is 2470. The van der Waals surface area contributed by atoms with Gasteiger partial charge in [-0.1, -0.05) is 69.3 Å². The van der Waals surface area contributed by atoms with E-state index in [0.717, 1.165) is 24.0 Å². The van der Waals surface area contributed by atoms with Gasteiger partial charge in [-0.25, -0.2) is 19.2 Å². The van der Waals surface area contributed by atoms with Crippen molar-refractivity contribution in [3.05, 3.63) is 83.9 Å². The van der Waals surface area contributed by atoms with E-state index in [9.17, 15) is 39.0 Å². The molecule has 0 aromatic heterocycles. The SMILES string of the molecule is CC(=O)O[C@@]12CO[C@@H]1C[C@H](O)[C@@]1(C)C(=O)C(=O)C3C(C)C(OC(=O)C(OC(=O)COCCN4C(=O)C=CC4=O)C(NC(=O)OC(C)(C)C)c4ccccc4)C[C@@](O)(C(OC(=O)c4ccccc4)C12)C3(C)C. The highest BCUT2D eigenvalue weighted by atomic mass is 16.6. The molecule has 20 heteroatoms. The fourth-order valence-corrected chi connectivity index (χ4v) is 11.1. The third-order valence-electron chi connectivity index (χ3n) is 14.7. The van der Waals surface area contributed by atoms with Crippen molar-refractivity contribution < 1.29 is 86.5 Å². The molecule has 3 N–H and O–H groups in total. The number of carbonyl (C=O) groups is 9. The highest BCUT2D eigenvalue weighted by Gasteiger charge is 2.79. The first kappa shape index (κ1) is 52.5. The number of aliphatic hydroxyl groups is 2. The van der Waals surface area contributed by atoms with Crippen molar-refractivity contribution in [2.24, 2.45) is 28.6 Å². The number of hydrogen-bond acceptors (Lipinski definition) is 18. The summed E-state index contributed by atoms with van der Waals surface area (Å²) in [5.41, 5.74) is -8.98. The maximum atomic E-state index is 15.1. The van der Waals surface area contributed by atoms with Gasteiger partial charge in [0.1, 0.15) is 42.2 Å². The van der Waals surface area contributed by atoms with Crippen molar-refractivity contribution in [1.82, 2.24) is 10.2 Å². The third-order valence-corrected chi connectivity index (χ3v) is 14.7. The number of aliphatic hydroxyl groups excluding tert-OH is 1. The first-order valence-corrected chi connectivity index (χ1v) is 23.4. The Morgan fingerprint density at radius 2 is 1.54 bits per heavy atom. The highest BCUT2D eigenvalue weighted by Crippen LogP contribution is 2.64. The minimum atomic E-state index is -2.48. The van der Waals surface area contributed by atoms with E-state index in [1.807, 2.05) is 0 Å². The molecule has 2 aromatic carbocycles. The van der Waals surface area contributed by atoms with Crippen LogP contribution in [0.4, 0.5) is 4.79 Å². The van der Waals surface area contributed by atoms with E-state index in [4.69, 9.17) is 33.2 Å². The molecule has 2 aromatic rings. The lowest BCUT2D eigenvalue weighted by molar-refractivity contribution is -0.350. The second-order valence-corrected chi connectivity index (χ2v) is 20.6. The lowest BCUT2D eigenvalue weighted by Gasteiger charge is -2.67. The normalized spacial score (nSPS) is 31.6. The largest absolute Gasteiger partial charge is 0.459 e. The molecule has 20 nitrogen and oxygen atoms in total. The minimum Gasteiger partial charge on any atom is -0.459 e. The molecule has 3 amide bonds. The fourth-order valence-electron chi connectivity index (χ4n) is 11.1. The molecule has 0 spiro atoms. The van der Waals surface area contributed by atoms with Gasteiger partial charge >= 0.3 is 30.0 Å². The van der Waals surface area contributed by atoms with Crippen LogP contribution in [0.15, 0.2) is 72.8 Å². The monoisotopic (exact) mass is 988 g/mol. The van der Waals surface area contributed by atoms with Gasteiger partial charge in [-0.2, -0.15) is 0 Å². The minimum absolute atomic E-state index is 0.0242. The van der Waals surface area contributed by atoms with Gasteiger partial charge in [0.15, 0.2) is 5.60 Å². The number of carbonyl (C=O) groups excluding carboxylic acids is 9. The second-order valence-electron chi connectivity index (χ2n) is 20.6. The van der Waals surface area contributed by atoms with E-state index in [1.165, 1.54) is 52.0 Å². The van der Waals surface area contributed by atoms with Gasteiger partial charge in [-0.3, -0.25) is 28.9 Å². The predicted molar refractivity (Wildman–Crippen MR) is 243 cm³/mol. The molecular formula is C51H60N2O18. The molecule has 2 heterocycles. The van der Waals surface area contributed by atoms with E-state index in [-0.39, 0.29) is 37.3 Å². The third kappa shape index (κ3) is 9.73. The smallest absolute Gasteiger partial charge is 0.408 e. The Balaban J connectivity index is 1.30. The van der Waals surface area contributed by atoms with Crippen molar-refractivity contribution in [3.8, 4) is 0 Å². The molecule has 7 rings (SSSR count). The van der Waals surface area contributed by atoms with Crippen molar-refractivity contribution in [2.45, 2.75) is 122 Å². The summed E-state index contributed by atoms with van der Waals surface area (Å²) in [4.78, 5) is 125. The second kappa shape index (κ2) is 19.7. The number of fused-ring (bicyclic) bond motifs is 5. The Labute approximate surface area is 409 Å². The molecule has 71 heavy (non-hydrogen) atoms. The summed E-state index contributed by atoms with van der Waals surface area (Å²) in [5, 5.41) is 28.3. The van der Waals surface area contributed by atoms with Crippen LogP contribution in [0.1, 0.15) is 90.2 Å². The zero-order valence-corrected chi connectivity index (χ0v) is 40.7. The van der Waals surface area contributed by atoms with Gasteiger partial charge in [0, 0.05) is 49.2 Å². The molecule has 2 bridgehead atoms. The Kier molecular flexibility index (Phi) is 14.5. The lowest BCUT2D eigenvalue weighted by atomic mass is 9.42. The van der Waals surface area contributed by atoms with Crippen LogP contribution in [0.5, 0.6) is 0 Å².